The molecule has 2 heterocycles. The highest BCUT2D eigenvalue weighted by Gasteiger charge is 2.24. The Morgan fingerprint density at radius 2 is 1.79 bits per heavy atom. The lowest BCUT2D eigenvalue weighted by Crippen LogP contribution is -2.32. The molecule has 0 amide bonds. The first kappa shape index (κ1) is 18.7. The summed E-state index contributed by atoms with van der Waals surface area (Å²) in [5, 5.41) is 0.670. The van der Waals surface area contributed by atoms with Crippen molar-refractivity contribution in [3.63, 3.8) is 0 Å². The topological polar surface area (TPSA) is 59.4 Å². The first-order valence-corrected chi connectivity index (χ1v) is 11.0. The van der Waals surface area contributed by atoms with Gasteiger partial charge in [-0.3, -0.25) is 4.79 Å². The van der Waals surface area contributed by atoms with E-state index in [9.17, 15) is 13.2 Å². The number of hydrogen-bond donors (Lipinski definition) is 0. The number of piperidine rings is 1. The molecule has 1 aliphatic heterocycles. The zero-order valence-electron chi connectivity index (χ0n) is 16.1. The van der Waals surface area contributed by atoms with Gasteiger partial charge in [-0.25, -0.2) is 12.4 Å². The van der Waals surface area contributed by atoms with Crippen molar-refractivity contribution in [2.45, 2.75) is 31.6 Å². The molecule has 146 valence electrons. The Balaban J connectivity index is 1.83. The van der Waals surface area contributed by atoms with Crippen LogP contribution in [0.4, 0.5) is 5.69 Å². The average Bonchev–Trinajstić information content (AvgIpc) is 3.07. The molecule has 5 nitrogen and oxygen atoms in total. The maximum atomic E-state index is 13.3. The SMILES string of the molecule is Cc1ccccc1S(=O)(=O)n1cc(C=O)c2cc(N3CCC(C)CC3)ccc21. The van der Waals surface area contributed by atoms with Gasteiger partial charge >= 0.3 is 0 Å². The summed E-state index contributed by atoms with van der Waals surface area (Å²) in [6.45, 7) is 5.99. The van der Waals surface area contributed by atoms with Crippen LogP contribution in [0.1, 0.15) is 35.7 Å². The number of hydrogen-bond acceptors (Lipinski definition) is 4. The van der Waals surface area contributed by atoms with E-state index >= 15 is 0 Å². The Morgan fingerprint density at radius 3 is 2.46 bits per heavy atom. The van der Waals surface area contributed by atoms with Crippen LogP contribution in [0.3, 0.4) is 0 Å². The summed E-state index contributed by atoms with van der Waals surface area (Å²) in [5.74, 6) is 0.728. The Bertz CT molecular complexity index is 1140. The maximum Gasteiger partial charge on any atom is 0.268 e. The second kappa shape index (κ2) is 7.09. The van der Waals surface area contributed by atoms with E-state index in [4.69, 9.17) is 0 Å². The van der Waals surface area contributed by atoms with Crippen LogP contribution in [-0.2, 0) is 10.0 Å². The minimum atomic E-state index is -3.79. The van der Waals surface area contributed by atoms with Crippen LogP contribution >= 0.6 is 0 Å². The number of benzene rings is 2. The van der Waals surface area contributed by atoms with Gasteiger partial charge in [0, 0.05) is 35.9 Å². The molecule has 0 saturated carbocycles. The van der Waals surface area contributed by atoms with Gasteiger partial charge in [0.2, 0.25) is 0 Å². The fourth-order valence-corrected chi connectivity index (χ4v) is 5.53. The van der Waals surface area contributed by atoms with Gasteiger partial charge in [0.05, 0.1) is 10.4 Å². The lowest BCUT2D eigenvalue weighted by atomic mass is 9.98. The van der Waals surface area contributed by atoms with Gasteiger partial charge in [-0.15, -0.1) is 0 Å². The van der Waals surface area contributed by atoms with Gasteiger partial charge in [0.25, 0.3) is 10.0 Å². The standard InChI is InChI=1S/C22H24N2O3S/c1-16-9-11-23(12-10-16)19-7-8-21-20(13-19)18(15-25)14-24(21)28(26,27)22-6-4-3-5-17(22)2/h3-8,13-16H,9-12H2,1-2H3. The van der Waals surface area contributed by atoms with Crippen molar-refractivity contribution in [3.8, 4) is 0 Å². The molecule has 1 aliphatic rings. The molecule has 1 aromatic heterocycles. The molecule has 4 rings (SSSR count). The third-order valence-electron chi connectivity index (χ3n) is 5.69. The number of fused-ring (bicyclic) bond motifs is 1. The monoisotopic (exact) mass is 396 g/mol. The minimum Gasteiger partial charge on any atom is -0.371 e. The van der Waals surface area contributed by atoms with Gasteiger partial charge in [0.15, 0.2) is 6.29 Å². The van der Waals surface area contributed by atoms with Crippen molar-refractivity contribution in [2.75, 3.05) is 18.0 Å². The Morgan fingerprint density at radius 1 is 1.07 bits per heavy atom. The Hall–Kier alpha value is -2.60. The number of rotatable bonds is 4. The van der Waals surface area contributed by atoms with E-state index in [-0.39, 0.29) is 4.90 Å². The third-order valence-corrected chi connectivity index (χ3v) is 7.52. The zero-order chi connectivity index (χ0) is 19.9. The smallest absolute Gasteiger partial charge is 0.268 e. The predicted octanol–water partition coefficient (Wildman–Crippen LogP) is 4.24. The van der Waals surface area contributed by atoms with Crippen molar-refractivity contribution in [1.82, 2.24) is 3.97 Å². The van der Waals surface area contributed by atoms with Crippen LogP contribution in [0.15, 0.2) is 53.6 Å². The lowest BCUT2D eigenvalue weighted by molar-refractivity contribution is 0.112. The van der Waals surface area contributed by atoms with E-state index in [1.165, 1.54) is 10.2 Å². The summed E-state index contributed by atoms with van der Waals surface area (Å²) in [6.07, 6.45) is 4.44. The predicted molar refractivity (Wildman–Crippen MR) is 112 cm³/mol. The van der Waals surface area contributed by atoms with Crippen LogP contribution in [0.25, 0.3) is 10.9 Å². The van der Waals surface area contributed by atoms with E-state index in [1.807, 2.05) is 24.3 Å². The molecule has 0 radical (unpaired) electrons. The van der Waals surface area contributed by atoms with Crippen molar-refractivity contribution >= 4 is 32.9 Å². The molecule has 1 fully saturated rings. The molecule has 0 aliphatic carbocycles. The molecule has 6 heteroatoms. The van der Waals surface area contributed by atoms with Gasteiger partial charge in [-0.05, 0) is 55.5 Å². The van der Waals surface area contributed by atoms with E-state index in [1.54, 1.807) is 25.1 Å². The molecule has 0 spiro atoms. The van der Waals surface area contributed by atoms with E-state index < -0.39 is 10.0 Å². The quantitative estimate of drug-likeness (QED) is 0.619. The van der Waals surface area contributed by atoms with Gasteiger partial charge in [0.1, 0.15) is 0 Å². The molecule has 1 saturated heterocycles. The molecule has 0 N–H and O–H groups in total. The normalized spacial score (nSPS) is 15.9. The summed E-state index contributed by atoms with van der Waals surface area (Å²) < 4.78 is 27.7. The molecular weight excluding hydrogens is 372 g/mol. The summed E-state index contributed by atoms with van der Waals surface area (Å²) in [4.78, 5) is 14.2. The van der Waals surface area contributed by atoms with E-state index in [0.29, 0.717) is 22.0 Å². The van der Waals surface area contributed by atoms with Crippen LogP contribution in [-0.4, -0.2) is 31.8 Å². The number of carbonyl (C=O) groups excluding carboxylic acids is 1. The molecular formula is C22H24N2O3S. The first-order chi connectivity index (χ1) is 13.4. The largest absolute Gasteiger partial charge is 0.371 e. The van der Waals surface area contributed by atoms with Crippen LogP contribution in [0.5, 0.6) is 0 Å². The number of aromatic nitrogens is 1. The van der Waals surface area contributed by atoms with E-state index in [2.05, 4.69) is 11.8 Å². The third kappa shape index (κ3) is 3.11. The highest BCUT2D eigenvalue weighted by Crippen LogP contribution is 2.31. The summed E-state index contributed by atoms with van der Waals surface area (Å²) >= 11 is 0. The maximum absolute atomic E-state index is 13.3. The first-order valence-electron chi connectivity index (χ1n) is 9.58. The van der Waals surface area contributed by atoms with Crippen molar-refractivity contribution < 1.29 is 13.2 Å². The fraction of sp³-hybridized carbons (Fsp3) is 0.318. The molecule has 28 heavy (non-hydrogen) atoms. The van der Waals surface area contributed by atoms with Crippen LogP contribution < -0.4 is 4.90 Å². The molecule has 3 aromatic rings. The zero-order valence-corrected chi connectivity index (χ0v) is 16.9. The van der Waals surface area contributed by atoms with Crippen molar-refractivity contribution in [2.24, 2.45) is 5.92 Å². The number of aryl methyl sites for hydroxylation is 1. The lowest BCUT2D eigenvalue weighted by Gasteiger charge is -2.32. The highest BCUT2D eigenvalue weighted by molar-refractivity contribution is 7.90. The highest BCUT2D eigenvalue weighted by atomic mass is 32.2. The number of carbonyl (C=O) groups is 1. The number of aldehydes is 1. The second-order valence-electron chi connectivity index (χ2n) is 7.64. The summed E-state index contributed by atoms with van der Waals surface area (Å²) in [5.41, 5.74) is 2.63. The van der Waals surface area contributed by atoms with Gasteiger partial charge in [-0.1, -0.05) is 25.1 Å². The van der Waals surface area contributed by atoms with Crippen LogP contribution in [0.2, 0.25) is 0 Å². The van der Waals surface area contributed by atoms with Gasteiger partial charge < -0.3 is 4.90 Å². The molecule has 0 unspecified atom stereocenters. The van der Waals surface area contributed by atoms with Crippen molar-refractivity contribution in [3.05, 3.63) is 59.8 Å². The van der Waals surface area contributed by atoms with Gasteiger partial charge in [-0.2, -0.15) is 0 Å². The Labute approximate surface area is 165 Å². The molecule has 0 bridgehead atoms. The Kier molecular flexibility index (Phi) is 4.75. The fourth-order valence-electron chi connectivity index (χ4n) is 3.92. The molecule has 2 aromatic carbocycles. The van der Waals surface area contributed by atoms with Crippen LogP contribution in [0, 0.1) is 12.8 Å². The summed E-state index contributed by atoms with van der Waals surface area (Å²) in [6, 6.07) is 12.6. The molecule has 0 atom stereocenters. The number of anilines is 1. The minimum absolute atomic E-state index is 0.249. The number of nitrogens with zero attached hydrogens (tertiary/aromatic N) is 2. The van der Waals surface area contributed by atoms with E-state index in [0.717, 1.165) is 43.8 Å². The van der Waals surface area contributed by atoms with Crippen molar-refractivity contribution in [1.29, 1.82) is 0 Å². The second-order valence-corrected chi connectivity index (χ2v) is 9.42. The summed E-state index contributed by atoms with van der Waals surface area (Å²) in [7, 11) is -3.79. The average molecular weight is 397 g/mol.